The van der Waals surface area contributed by atoms with Crippen molar-refractivity contribution in [3.05, 3.63) is 77.9 Å². The predicted octanol–water partition coefficient (Wildman–Crippen LogP) is 1.70. The molecule has 3 amide bonds. The van der Waals surface area contributed by atoms with Crippen molar-refractivity contribution >= 4 is 33.4 Å². The van der Waals surface area contributed by atoms with Gasteiger partial charge in [0.25, 0.3) is 27.7 Å². The zero-order chi connectivity index (χ0) is 27.7. The summed E-state index contributed by atoms with van der Waals surface area (Å²) in [7, 11) is 0.375. The lowest BCUT2D eigenvalue weighted by Gasteiger charge is -2.11. The van der Waals surface area contributed by atoms with Crippen LogP contribution in [-0.2, 0) is 14.8 Å². The molecule has 0 radical (unpaired) electrons. The fourth-order valence-electron chi connectivity index (χ4n) is 3.12. The molecule has 200 valence electrons. The number of amides is 3. The van der Waals surface area contributed by atoms with Crippen molar-refractivity contribution in [3.8, 4) is 17.2 Å². The maximum absolute atomic E-state index is 12.7. The monoisotopic (exact) mass is 542 g/mol. The second kappa shape index (κ2) is 12.5. The molecule has 3 rings (SSSR count). The first-order chi connectivity index (χ1) is 18.1. The molecule has 13 heteroatoms. The van der Waals surface area contributed by atoms with Gasteiger partial charge in [0.1, 0.15) is 17.2 Å². The van der Waals surface area contributed by atoms with Gasteiger partial charge in [0.15, 0.2) is 0 Å². The number of hydrogen-bond donors (Lipinski definition) is 4. The second-order valence-electron chi connectivity index (χ2n) is 7.65. The molecule has 0 aromatic heterocycles. The van der Waals surface area contributed by atoms with Crippen LogP contribution >= 0.6 is 0 Å². The minimum Gasteiger partial charge on any atom is -0.497 e. The minimum atomic E-state index is -4.00. The van der Waals surface area contributed by atoms with Gasteiger partial charge in [-0.25, -0.2) is 8.42 Å². The van der Waals surface area contributed by atoms with E-state index in [4.69, 9.17) is 14.2 Å². The van der Waals surface area contributed by atoms with Crippen LogP contribution in [0.1, 0.15) is 20.7 Å². The van der Waals surface area contributed by atoms with Crippen LogP contribution in [-0.4, -0.2) is 54.0 Å². The molecule has 0 aliphatic rings. The maximum atomic E-state index is 12.7. The van der Waals surface area contributed by atoms with Gasteiger partial charge in [0, 0.05) is 22.9 Å². The number of carbonyl (C=O) groups is 3. The normalized spacial score (nSPS) is 10.6. The summed E-state index contributed by atoms with van der Waals surface area (Å²) in [5.41, 5.74) is 4.84. The SMILES string of the molecule is COc1ccc(NS(=O)(=O)c2cccc(C(=O)NNC(=O)CNC(=O)c3cc(OC)cc(OC)c3)c2)cc1. The lowest BCUT2D eigenvalue weighted by atomic mass is 10.2. The van der Waals surface area contributed by atoms with E-state index in [1.807, 2.05) is 0 Å². The molecule has 0 unspecified atom stereocenters. The number of benzene rings is 3. The van der Waals surface area contributed by atoms with E-state index in [1.165, 1.54) is 63.8 Å². The largest absolute Gasteiger partial charge is 0.497 e. The standard InChI is InChI=1S/C25H26N4O8S/c1-35-19-9-7-18(8-10-19)29-38(33,34)22-6-4-5-16(13-22)25(32)28-27-23(30)15-26-24(31)17-11-20(36-2)14-21(12-17)37-3/h4-14,29H,15H2,1-3H3,(H,26,31)(H,27,30)(H,28,32). The Balaban J connectivity index is 1.56. The van der Waals surface area contributed by atoms with E-state index in [2.05, 4.69) is 20.9 Å². The third-order valence-electron chi connectivity index (χ3n) is 5.09. The van der Waals surface area contributed by atoms with Crippen molar-refractivity contribution in [2.24, 2.45) is 0 Å². The Morgan fingerprint density at radius 2 is 1.34 bits per heavy atom. The first kappa shape index (κ1) is 27.8. The zero-order valence-electron chi connectivity index (χ0n) is 20.7. The lowest BCUT2D eigenvalue weighted by Crippen LogP contribution is -2.46. The molecule has 38 heavy (non-hydrogen) atoms. The van der Waals surface area contributed by atoms with E-state index in [0.29, 0.717) is 22.9 Å². The predicted molar refractivity (Wildman–Crippen MR) is 138 cm³/mol. The van der Waals surface area contributed by atoms with E-state index in [9.17, 15) is 22.8 Å². The highest BCUT2D eigenvalue weighted by atomic mass is 32.2. The Labute approximate surface area is 219 Å². The van der Waals surface area contributed by atoms with Gasteiger partial charge in [-0.15, -0.1) is 0 Å². The van der Waals surface area contributed by atoms with Crippen LogP contribution in [0.25, 0.3) is 0 Å². The molecule has 12 nitrogen and oxygen atoms in total. The highest BCUT2D eigenvalue weighted by molar-refractivity contribution is 7.92. The van der Waals surface area contributed by atoms with E-state index in [-0.39, 0.29) is 16.0 Å². The maximum Gasteiger partial charge on any atom is 0.269 e. The van der Waals surface area contributed by atoms with Crippen LogP contribution in [0.4, 0.5) is 5.69 Å². The number of hydrogen-bond acceptors (Lipinski definition) is 8. The quantitative estimate of drug-likeness (QED) is 0.282. The van der Waals surface area contributed by atoms with E-state index in [0.717, 1.165) is 6.07 Å². The van der Waals surface area contributed by atoms with Crippen molar-refractivity contribution in [3.63, 3.8) is 0 Å². The van der Waals surface area contributed by atoms with Crippen LogP contribution in [0.3, 0.4) is 0 Å². The molecule has 0 spiro atoms. The van der Waals surface area contributed by atoms with Crippen LogP contribution < -0.4 is 35.1 Å². The average Bonchev–Trinajstić information content (AvgIpc) is 2.94. The molecule has 0 bridgehead atoms. The van der Waals surface area contributed by atoms with Gasteiger partial charge < -0.3 is 19.5 Å². The Hall–Kier alpha value is -4.78. The number of ether oxygens (including phenoxy) is 3. The van der Waals surface area contributed by atoms with Crippen molar-refractivity contribution in [1.29, 1.82) is 0 Å². The molecule has 0 atom stereocenters. The van der Waals surface area contributed by atoms with Crippen LogP contribution in [0, 0.1) is 0 Å². The summed E-state index contributed by atoms with van der Waals surface area (Å²) >= 11 is 0. The second-order valence-corrected chi connectivity index (χ2v) is 9.33. The Bertz CT molecular complexity index is 1400. The Kier molecular flexibility index (Phi) is 9.11. The number of carbonyl (C=O) groups excluding carboxylic acids is 3. The van der Waals surface area contributed by atoms with Crippen molar-refractivity contribution in [1.82, 2.24) is 16.2 Å². The lowest BCUT2D eigenvalue weighted by molar-refractivity contribution is -0.120. The highest BCUT2D eigenvalue weighted by Gasteiger charge is 2.17. The highest BCUT2D eigenvalue weighted by Crippen LogP contribution is 2.22. The van der Waals surface area contributed by atoms with Gasteiger partial charge in [-0.2, -0.15) is 0 Å². The Morgan fingerprint density at radius 1 is 0.711 bits per heavy atom. The summed E-state index contributed by atoms with van der Waals surface area (Å²) < 4.78 is 43.2. The fraction of sp³-hybridized carbons (Fsp3) is 0.160. The molecule has 4 N–H and O–H groups in total. The molecule has 0 aliphatic heterocycles. The molecular formula is C25H26N4O8S. The van der Waals surface area contributed by atoms with Crippen LogP contribution in [0.5, 0.6) is 17.2 Å². The molecule has 0 saturated carbocycles. The summed E-state index contributed by atoms with van der Waals surface area (Å²) in [6.45, 7) is -0.446. The number of methoxy groups -OCH3 is 3. The third-order valence-corrected chi connectivity index (χ3v) is 6.47. The van der Waals surface area contributed by atoms with E-state index < -0.39 is 34.3 Å². The first-order valence-electron chi connectivity index (χ1n) is 11.0. The molecule has 0 fully saturated rings. The van der Waals surface area contributed by atoms with Gasteiger partial charge in [-0.1, -0.05) is 6.07 Å². The molecule has 0 aliphatic carbocycles. The molecule has 0 heterocycles. The van der Waals surface area contributed by atoms with Gasteiger partial charge >= 0.3 is 0 Å². The van der Waals surface area contributed by atoms with Gasteiger partial charge in [0.05, 0.1) is 32.8 Å². The summed E-state index contributed by atoms with van der Waals surface area (Å²) in [5.74, 6) is -0.681. The van der Waals surface area contributed by atoms with Crippen molar-refractivity contribution in [2.45, 2.75) is 4.90 Å². The van der Waals surface area contributed by atoms with Crippen molar-refractivity contribution < 1.29 is 37.0 Å². The minimum absolute atomic E-state index is 0.0181. The van der Waals surface area contributed by atoms with E-state index >= 15 is 0 Å². The Morgan fingerprint density at radius 3 is 1.95 bits per heavy atom. The third kappa shape index (κ3) is 7.36. The summed E-state index contributed by atoms with van der Waals surface area (Å²) in [4.78, 5) is 36.8. The number of rotatable bonds is 10. The molecule has 3 aromatic carbocycles. The number of hydrazine groups is 1. The first-order valence-corrected chi connectivity index (χ1v) is 12.5. The zero-order valence-corrected chi connectivity index (χ0v) is 21.5. The fourth-order valence-corrected chi connectivity index (χ4v) is 4.23. The van der Waals surface area contributed by atoms with Crippen LogP contribution in [0.2, 0.25) is 0 Å². The van der Waals surface area contributed by atoms with E-state index in [1.54, 1.807) is 18.2 Å². The number of sulfonamides is 1. The van der Waals surface area contributed by atoms with Gasteiger partial charge in [0.2, 0.25) is 0 Å². The smallest absolute Gasteiger partial charge is 0.269 e. The van der Waals surface area contributed by atoms with Crippen molar-refractivity contribution in [2.75, 3.05) is 32.6 Å². The average molecular weight is 543 g/mol. The number of nitrogens with one attached hydrogen (secondary N) is 4. The number of anilines is 1. The summed E-state index contributed by atoms with van der Waals surface area (Å²) in [6.07, 6.45) is 0. The van der Waals surface area contributed by atoms with Crippen LogP contribution in [0.15, 0.2) is 71.6 Å². The molecular weight excluding hydrogens is 516 g/mol. The molecule has 0 saturated heterocycles. The molecule has 3 aromatic rings. The van der Waals surface area contributed by atoms with Gasteiger partial charge in [-0.3, -0.25) is 30.0 Å². The summed E-state index contributed by atoms with van der Waals surface area (Å²) in [6, 6.07) is 16.1. The van der Waals surface area contributed by atoms with Gasteiger partial charge in [-0.05, 0) is 54.6 Å². The summed E-state index contributed by atoms with van der Waals surface area (Å²) in [5, 5.41) is 2.42. The topological polar surface area (TPSA) is 161 Å².